The number of guanidine groups is 1. The number of nitrogens with one attached hydrogen (secondary N) is 2. The zero-order valence-corrected chi connectivity index (χ0v) is 16.7. The van der Waals surface area contributed by atoms with Gasteiger partial charge in [-0.05, 0) is 73.2 Å². The number of carbonyl (C=O) groups excluding carboxylic acids is 1. The Kier molecular flexibility index (Phi) is 7.19. The lowest BCUT2D eigenvalue weighted by atomic mass is 10.2. The number of aromatic nitrogens is 1. The molecule has 2 N–H and O–H groups in total. The lowest BCUT2D eigenvalue weighted by Crippen LogP contribution is -2.36. The van der Waals surface area contributed by atoms with Crippen molar-refractivity contribution < 1.29 is 9.53 Å². The number of ether oxygens (including phenoxy) is 1. The van der Waals surface area contributed by atoms with Crippen LogP contribution in [-0.2, 0) is 6.54 Å². The van der Waals surface area contributed by atoms with Crippen LogP contribution in [0.5, 0.6) is 5.75 Å². The Balaban J connectivity index is 1.76. The molecule has 0 radical (unpaired) electrons. The first-order chi connectivity index (χ1) is 14.1. The van der Waals surface area contributed by atoms with E-state index < -0.39 is 0 Å². The van der Waals surface area contributed by atoms with Gasteiger partial charge in [0.15, 0.2) is 0 Å². The summed E-state index contributed by atoms with van der Waals surface area (Å²) in [5.41, 5.74) is 2.24. The smallest absolute Gasteiger partial charge is 0.257 e. The van der Waals surface area contributed by atoms with E-state index in [1.54, 1.807) is 36.7 Å². The fraction of sp³-hybridized carbons (Fsp3) is 0.136. The maximum Gasteiger partial charge on any atom is 0.257 e. The Morgan fingerprint density at radius 1 is 1.03 bits per heavy atom. The monoisotopic (exact) mass is 408 g/mol. The Morgan fingerprint density at radius 3 is 2.38 bits per heavy atom. The van der Waals surface area contributed by atoms with Crippen molar-refractivity contribution in [3.8, 4) is 5.75 Å². The molecule has 2 aromatic carbocycles. The molecule has 148 valence electrons. The van der Waals surface area contributed by atoms with E-state index in [4.69, 9.17) is 16.3 Å². The zero-order chi connectivity index (χ0) is 20.5. The number of hydrogen-bond donors (Lipinski definition) is 2. The Bertz CT molecular complexity index is 958. The molecule has 0 unspecified atom stereocenters. The number of benzene rings is 2. The van der Waals surface area contributed by atoms with Gasteiger partial charge in [-0.3, -0.25) is 15.1 Å². The normalized spacial score (nSPS) is 11.0. The second-order valence-electron chi connectivity index (χ2n) is 6.06. The van der Waals surface area contributed by atoms with Crippen LogP contribution in [0.15, 0.2) is 78.0 Å². The van der Waals surface area contributed by atoms with Gasteiger partial charge in [-0.15, -0.1) is 0 Å². The summed E-state index contributed by atoms with van der Waals surface area (Å²) >= 11 is 5.90. The molecule has 0 saturated heterocycles. The van der Waals surface area contributed by atoms with Gasteiger partial charge in [0, 0.05) is 28.7 Å². The van der Waals surface area contributed by atoms with Crippen molar-refractivity contribution in [1.82, 2.24) is 10.3 Å². The Morgan fingerprint density at radius 2 is 1.72 bits per heavy atom. The number of anilines is 1. The van der Waals surface area contributed by atoms with Gasteiger partial charge >= 0.3 is 0 Å². The minimum atomic E-state index is -0.284. The summed E-state index contributed by atoms with van der Waals surface area (Å²) in [7, 11) is 0. The zero-order valence-electron chi connectivity index (χ0n) is 15.9. The fourth-order valence-corrected chi connectivity index (χ4v) is 2.61. The van der Waals surface area contributed by atoms with Crippen LogP contribution in [-0.4, -0.2) is 23.5 Å². The van der Waals surface area contributed by atoms with Crippen molar-refractivity contribution in [3.63, 3.8) is 0 Å². The van der Waals surface area contributed by atoms with Gasteiger partial charge in [0.1, 0.15) is 5.75 Å². The molecule has 3 rings (SSSR count). The molecule has 0 fully saturated rings. The van der Waals surface area contributed by atoms with E-state index in [0.717, 1.165) is 17.0 Å². The van der Waals surface area contributed by atoms with Crippen LogP contribution in [0.25, 0.3) is 0 Å². The average Bonchev–Trinajstić information content (AvgIpc) is 2.75. The third kappa shape index (κ3) is 6.33. The molecule has 1 heterocycles. The molecular formula is C22H21ClN4O2. The second kappa shape index (κ2) is 10.2. The van der Waals surface area contributed by atoms with Crippen LogP contribution in [0.2, 0.25) is 5.02 Å². The standard InChI is InChI=1S/C22H21ClN4O2/c1-2-29-20-9-7-19(8-10-20)26-22(25-15-16-11-13-24-14-12-16)27-21(28)17-3-5-18(23)6-4-17/h3-14H,2,15H2,1H3,(H2,25,26,27,28). The maximum atomic E-state index is 12.6. The highest BCUT2D eigenvalue weighted by molar-refractivity contribution is 6.30. The number of rotatable bonds is 6. The molecule has 0 spiro atoms. The van der Waals surface area contributed by atoms with Crippen molar-refractivity contribution in [3.05, 3.63) is 89.2 Å². The summed E-state index contributed by atoms with van der Waals surface area (Å²) < 4.78 is 5.46. The Hall–Kier alpha value is -3.38. The number of halogens is 1. The molecule has 0 aliphatic carbocycles. The average molecular weight is 409 g/mol. The van der Waals surface area contributed by atoms with Crippen molar-refractivity contribution in [2.75, 3.05) is 11.9 Å². The van der Waals surface area contributed by atoms with Crippen molar-refractivity contribution in [2.45, 2.75) is 13.5 Å². The quantitative estimate of drug-likeness (QED) is 0.464. The van der Waals surface area contributed by atoms with E-state index in [-0.39, 0.29) is 5.91 Å². The lowest BCUT2D eigenvalue weighted by molar-refractivity contribution is 0.0977. The number of amides is 1. The summed E-state index contributed by atoms with van der Waals surface area (Å²) in [5.74, 6) is 0.832. The van der Waals surface area contributed by atoms with E-state index >= 15 is 0 Å². The second-order valence-corrected chi connectivity index (χ2v) is 6.50. The van der Waals surface area contributed by atoms with Gasteiger partial charge < -0.3 is 10.1 Å². The first-order valence-corrected chi connectivity index (χ1v) is 9.52. The number of pyridine rings is 1. The van der Waals surface area contributed by atoms with Gasteiger partial charge in [-0.1, -0.05) is 11.6 Å². The van der Waals surface area contributed by atoms with Gasteiger partial charge in [-0.25, -0.2) is 4.99 Å². The molecule has 0 saturated carbocycles. The van der Waals surface area contributed by atoms with Crippen LogP contribution >= 0.6 is 11.6 Å². The van der Waals surface area contributed by atoms with Gasteiger partial charge in [-0.2, -0.15) is 0 Å². The first kappa shape index (κ1) is 20.4. The minimum Gasteiger partial charge on any atom is -0.494 e. The van der Waals surface area contributed by atoms with Crippen LogP contribution in [0.1, 0.15) is 22.8 Å². The van der Waals surface area contributed by atoms with Crippen LogP contribution in [0.4, 0.5) is 5.69 Å². The van der Waals surface area contributed by atoms with Crippen LogP contribution < -0.4 is 15.4 Å². The highest BCUT2D eigenvalue weighted by atomic mass is 35.5. The van der Waals surface area contributed by atoms with E-state index in [1.165, 1.54) is 0 Å². The van der Waals surface area contributed by atoms with E-state index in [1.807, 2.05) is 43.3 Å². The fourth-order valence-electron chi connectivity index (χ4n) is 2.49. The Labute approximate surface area is 174 Å². The van der Waals surface area contributed by atoms with Crippen molar-refractivity contribution in [1.29, 1.82) is 0 Å². The van der Waals surface area contributed by atoms with E-state index in [9.17, 15) is 4.79 Å². The lowest BCUT2D eigenvalue weighted by Gasteiger charge is -2.13. The SMILES string of the molecule is CCOc1ccc(NC(=NCc2ccncc2)NC(=O)c2ccc(Cl)cc2)cc1. The third-order valence-electron chi connectivity index (χ3n) is 3.94. The van der Waals surface area contributed by atoms with Crippen LogP contribution in [0, 0.1) is 0 Å². The largest absolute Gasteiger partial charge is 0.494 e. The summed E-state index contributed by atoms with van der Waals surface area (Å²) in [6, 6.07) is 17.8. The topological polar surface area (TPSA) is 75.6 Å². The van der Waals surface area contributed by atoms with E-state index in [0.29, 0.717) is 29.7 Å². The van der Waals surface area contributed by atoms with Crippen molar-refractivity contribution >= 4 is 29.2 Å². The summed E-state index contributed by atoms with van der Waals surface area (Å²) in [4.78, 5) is 21.1. The summed E-state index contributed by atoms with van der Waals surface area (Å²) in [6.07, 6.45) is 3.41. The van der Waals surface area contributed by atoms with Crippen LogP contribution in [0.3, 0.4) is 0 Å². The highest BCUT2D eigenvalue weighted by Gasteiger charge is 2.10. The first-order valence-electron chi connectivity index (χ1n) is 9.14. The highest BCUT2D eigenvalue weighted by Crippen LogP contribution is 2.16. The molecule has 7 heteroatoms. The number of aliphatic imine (C=N–C) groups is 1. The van der Waals surface area contributed by atoms with Gasteiger partial charge in [0.05, 0.1) is 13.2 Å². The van der Waals surface area contributed by atoms with Crippen molar-refractivity contribution in [2.24, 2.45) is 4.99 Å². The molecule has 3 aromatic rings. The van der Waals surface area contributed by atoms with Gasteiger partial charge in [0.2, 0.25) is 5.96 Å². The maximum absolute atomic E-state index is 12.6. The number of carbonyl (C=O) groups is 1. The summed E-state index contributed by atoms with van der Waals surface area (Å²) in [6.45, 7) is 2.92. The molecule has 29 heavy (non-hydrogen) atoms. The number of nitrogens with zero attached hydrogens (tertiary/aromatic N) is 2. The molecule has 0 atom stereocenters. The molecule has 0 aliphatic rings. The van der Waals surface area contributed by atoms with E-state index in [2.05, 4.69) is 20.6 Å². The molecule has 0 aliphatic heterocycles. The third-order valence-corrected chi connectivity index (χ3v) is 4.19. The predicted octanol–water partition coefficient (Wildman–Crippen LogP) is 4.53. The predicted molar refractivity (Wildman–Crippen MR) is 116 cm³/mol. The number of hydrogen-bond acceptors (Lipinski definition) is 4. The van der Waals surface area contributed by atoms with Gasteiger partial charge in [0.25, 0.3) is 5.91 Å². The molecule has 1 amide bonds. The summed E-state index contributed by atoms with van der Waals surface area (Å²) in [5, 5.41) is 6.54. The minimum absolute atomic E-state index is 0.284. The molecule has 1 aromatic heterocycles. The molecule has 0 bridgehead atoms. The molecule has 6 nitrogen and oxygen atoms in total. The molecular weight excluding hydrogens is 388 g/mol.